The second-order valence-electron chi connectivity index (χ2n) is 25.6. The van der Waals surface area contributed by atoms with Crippen molar-refractivity contribution in [3.05, 3.63) is 287 Å². The topological polar surface area (TPSA) is 339 Å². The molecule has 11 rings (SSSR count). The van der Waals surface area contributed by atoms with Gasteiger partial charge in [0.05, 0.1) is 64.8 Å². The molecule has 0 unspecified atom stereocenters. The zero-order chi connectivity index (χ0) is 77.9. The van der Waals surface area contributed by atoms with E-state index in [-0.39, 0.29) is 51.1 Å². The van der Waals surface area contributed by atoms with Gasteiger partial charge >= 0.3 is 53.7 Å². The Kier molecular flexibility index (Phi) is 29.7. The second-order valence-corrected chi connectivity index (χ2v) is 25.6. The molecule has 580 valence electrons. The summed E-state index contributed by atoms with van der Waals surface area (Å²) >= 11 is 0. The van der Waals surface area contributed by atoms with Gasteiger partial charge in [-0.25, -0.2) is 43.2 Å². The summed E-state index contributed by atoms with van der Waals surface area (Å²) in [7, 11) is 2.25. The maximum Gasteiger partial charge on any atom is 0.338 e. The summed E-state index contributed by atoms with van der Waals surface area (Å²) in [6.45, 7) is 0.00125. The van der Waals surface area contributed by atoms with Crippen LogP contribution in [0.25, 0.3) is 0 Å². The molecule has 8 aromatic carbocycles. The van der Waals surface area contributed by atoms with E-state index in [4.69, 9.17) is 81.5 Å². The number of methoxy groups -OCH3 is 2. The Labute approximate surface area is 639 Å². The first-order valence-electron chi connectivity index (χ1n) is 36.1. The van der Waals surface area contributed by atoms with Crippen LogP contribution >= 0.6 is 0 Å². The summed E-state index contributed by atoms with van der Waals surface area (Å²) < 4.78 is 102. The van der Waals surface area contributed by atoms with Gasteiger partial charge in [0.1, 0.15) is 18.3 Å². The Morgan fingerprint density at radius 2 is 0.568 bits per heavy atom. The van der Waals surface area contributed by atoms with Gasteiger partial charge in [-0.2, -0.15) is 0 Å². The van der Waals surface area contributed by atoms with E-state index in [2.05, 4.69) is 5.32 Å². The van der Waals surface area contributed by atoms with Crippen LogP contribution in [0.5, 0.6) is 0 Å². The molecule has 0 spiro atoms. The number of unbranched alkanes of at least 4 members (excludes halogenated alkanes) is 3. The Balaban J connectivity index is 1.04. The van der Waals surface area contributed by atoms with Crippen molar-refractivity contribution in [3.63, 3.8) is 0 Å². The SMILES string of the molecule is COC(=O)[C@H]1O[C@@H](OC[C@H]2O[C@@H](OC[C@H]3O[C@@H](OCCCCCCNCCN)[C@H](OC(=O)c4ccccc4)[C@@H](OC(=O)c4ccccc4)[C@H]3OC(=O)c3ccccc3)[C@H](OC(=O)c3ccccc3)[C@@H](OC(=O)c3ccccc3)[C@H]2OC(=O)c2ccccc2)[C@H](OC(=O)c2ccccc2)[C@@H](OC(=O)c2ccccc2)[C@@H]1OC. The van der Waals surface area contributed by atoms with Crippen molar-refractivity contribution in [3.8, 4) is 0 Å². The molecule has 3 aliphatic rings. The number of carbonyl (C=O) groups is 9. The number of esters is 9. The van der Waals surface area contributed by atoms with Crippen LogP contribution in [0.1, 0.15) is 109 Å². The lowest BCUT2D eigenvalue weighted by atomic mass is 9.96. The molecule has 0 radical (unpaired) electrons. The highest BCUT2D eigenvalue weighted by Gasteiger charge is 2.59. The van der Waals surface area contributed by atoms with Crippen LogP contribution in [0, 0.1) is 0 Å². The zero-order valence-corrected chi connectivity index (χ0v) is 60.6. The van der Waals surface area contributed by atoms with E-state index in [0.29, 0.717) is 32.5 Å². The molecule has 0 aliphatic carbocycles. The molecule has 27 nitrogen and oxygen atoms in total. The highest BCUT2D eigenvalue weighted by atomic mass is 16.8. The summed E-state index contributed by atoms with van der Waals surface area (Å²) in [5.74, 6) is -9.06. The first-order valence-corrected chi connectivity index (χ1v) is 36.1. The fourth-order valence-corrected chi connectivity index (χ4v) is 12.5. The molecule has 0 bridgehead atoms. The van der Waals surface area contributed by atoms with Crippen LogP contribution in [-0.2, 0) is 80.6 Å². The van der Waals surface area contributed by atoms with Crippen molar-refractivity contribution in [1.29, 1.82) is 0 Å². The molecule has 8 aromatic rings. The number of ether oxygens (including phenoxy) is 16. The maximum atomic E-state index is 15.0. The van der Waals surface area contributed by atoms with Gasteiger partial charge in [-0.3, -0.25) is 0 Å². The largest absolute Gasteiger partial charge is 0.467 e. The van der Waals surface area contributed by atoms with Gasteiger partial charge in [-0.1, -0.05) is 158 Å². The normalized spacial score (nSPS) is 23.4. The molecule has 3 heterocycles. The van der Waals surface area contributed by atoms with Crippen molar-refractivity contribution >= 4 is 53.7 Å². The number of nitrogens with one attached hydrogen (secondary N) is 1. The van der Waals surface area contributed by atoms with Crippen LogP contribution in [0.2, 0.25) is 0 Å². The summed E-state index contributed by atoms with van der Waals surface area (Å²) in [5.41, 5.74) is 5.74. The molecule has 3 N–H and O–H groups in total. The summed E-state index contributed by atoms with van der Waals surface area (Å²) in [4.78, 5) is 132. The van der Waals surface area contributed by atoms with Crippen LogP contribution in [0.3, 0.4) is 0 Å². The summed E-state index contributed by atoms with van der Waals surface area (Å²) in [6.07, 6.45) is -25.2. The van der Waals surface area contributed by atoms with Gasteiger partial charge < -0.3 is 86.8 Å². The monoisotopic (exact) mass is 1520 g/mol. The quantitative estimate of drug-likeness (QED) is 0.0215. The van der Waals surface area contributed by atoms with Crippen LogP contribution in [0.4, 0.5) is 0 Å². The van der Waals surface area contributed by atoms with Gasteiger partial charge in [0, 0.05) is 26.8 Å². The van der Waals surface area contributed by atoms with E-state index in [1.807, 2.05) is 0 Å². The Morgan fingerprint density at radius 1 is 0.306 bits per heavy atom. The first kappa shape index (κ1) is 80.6. The third-order valence-electron chi connectivity index (χ3n) is 18.1. The van der Waals surface area contributed by atoms with Gasteiger partial charge in [-0.05, 0) is 116 Å². The zero-order valence-electron chi connectivity index (χ0n) is 60.6. The molecular formula is C84H84N2O25. The Hall–Kier alpha value is -11.4. The number of carbonyl (C=O) groups excluding carboxylic acids is 9. The third kappa shape index (κ3) is 21.8. The van der Waals surface area contributed by atoms with Crippen LogP contribution in [0.15, 0.2) is 243 Å². The lowest BCUT2D eigenvalue weighted by Gasteiger charge is -2.47. The fourth-order valence-electron chi connectivity index (χ4n) is 12.5. The van der Waals surface area contributed by atoms with E-state index in [9.17, 15) is 43.2 Å². The van der Waals surface area contributed by atoms with E-state index < -0.39 is 159 Å². The second kappa shape index (κ2) is 40.9. The Morgan fingerprint density at radius 3 is 0.856 bits per heavy atom. The smallest absolute Gasteiger partial charge is 0.338 e. The van der Waals surface area contributed by atoms with Crippen molar-refractivity contribution in [1.82, 2.24) is 5.32 Å². The number of hydrogen-bond acceptors (Lipinski definition) is 27. The third-order valence-corrected chi connectivity index (χ3v) is 18.1. The van der Waals surface area contributed by atoms with Gasteiger partial charge in [0.25, 0.3) is 0 Å². The van der Waals surface area contributed by atoms with E-state index in [1.54, 1.807) is 146 Å². The first-order chi connectivity index (χ1) is 54.2. The summed E-state index contributed by atoms with van der Waals surface area (Å²) in [5, 5.41) is 3.28. The highest BCUT2D eigenvalue weighted by molar-refractivity contribution is 5.94. The van der Waals surface area contributed by atoms with Crippen molar-refractivity contribution in [2.45, 2.75) is 118 Å². The van der Waals surface area contributed by atoms with Crippen molar-refractivity contribution in [2.75, 3.05) is 53.7 Å². The Bertz CT molecular complexity index is 4310. The van der Waals surface area contributed by atoms with Gasteiger partial charge in [0.2, 0.25) is 0 Å². The lowest BCUT2D eigenvalue weighted by Crippen LogP contribution is -2.66. The molecule has 0 amide bonds. The van der Waals surface area contributed by atoms with E-state index in [1.165, 1.54) is 104 Å². The van der Waals surface area contributed by atoms with Crippen molar-refractivity contribution < 1.29 is 119 Å². The van der Waals surface area contributed by atoms with Crippen molar-refractivity contribution in [2.24, 2.45) is 5.73 Å². The maximum absolute atomic E-state index is 15.0. The predicted molar refractivity (Wildman–Crippen MR) is 392 cm³/mol. The molecule has 27 heteroatoms. The highest BCUT2D eigenvalue weighted by Crippen LogP contribution is 2.38. The predicted octanol–water partition coefficient (Wildman–Crippen LogP) is 9.31. The van der Waals surface area contributed by atoms with Crippen LogP contribution < -0.4 is 11.1 Å². The number of benzene rings is 8. The average Bonchev–Trinajstić information content (AvgIpc) is 0.769. The molecule has 3 aliphatic heterocycles. The fraction of sp³-hybridized carbons (Fsp3) is 0.321. The average molecular weight is 1520 g/mol. The minimum Gasteiger partial charge on any atom is -0.467 e. The molecule has 0 saturated carbocycles. The molecule has 3 saturated heterocycles. The number of hydrogen-bond donors (Lipinski definition) is 2. The molecule has 15 atom stereocenters. The van der Waals surface area contributed by atoms with E-state index in [0.717, 1.165) is 20.0 Å². The minimum absolute atomic E-state index is 0.00987. The van der Waals surface area contributed by atoms with E-state index >= 15 is 0 Å². The number of rotatable bonds is 34. The minimum atomic E-state index is -2.09. The molecule has 111 heavy (non-hydrogen) atoms. The van der Waals surface area contributed by atoms with Gasteiger partial charge in [0.15, 0.2) is 73.8 Å². The molecule has 3 fully saturated rings. The standard InChI is InChI=1S/C84H84N2O25/c1-96-65-68(107-77(91)57-39-21-9-22-40-57)72(110-80(94)60-45-27-12-28-46-60)84(111-69(65)81(95)97-2)100-52-62-64(104-74(88)54-33-15-6-16-34-54)67(106-76(90)56-37-19-8-20-38-56)71(109-79(93)59-43-25-11-26-44-59)83(102-62)99-51-61-63(103-73(87)53-31-13-5-14-32-53)66(105-75(89)55-35-17-7-18-36-55)70(108-78(92)58-41-23-10-24-42-58)82(101-61)98-50-30-4-3-29-48-86-49-47-85/h5-28,31-46,61-72,82-84,86H,3-4,29-30,47-52,85H2,1-2H3/t61-,62-,63+,64+,65+,66+,67+,68+,69+,70-,71-,72-,82-,83-,84-/m1/s1. The van der Waals surface area contributed by atoms with Gasteiger partial charge in [-0.15, -0.1) is 0 Å². The summed E-state index contributed by atoms with van der Waals surface area (Å²) in [6, 6.07) is 61.8. The van der Waals surface area contributed by atoms with Crippen LogP contribution in [-0.4, -0.2) is 200 Å². The lowest BCUT2D eigenvalue weighted by molar-refractivity contribution is -0.338. The number of nitrogens with two attached hydrogens (primary N) is 1. The molecular weight excluding hydrogens is 1440 g/mol. The molecule has 0 aromatic heterocycles.